The fourth-order valence-corrected chi connectivity index (χ4v) is 5.29. The summed E-state index contributed by atoms with van der Waals surface area (Å²) in [5.74, 6) is 0. The molecule has 0 unspecified atom stereocenters. The zero-order chi connectivity index (χ0) is 28.9. The van der Waals surface area contributed by atoms with E-state index in [0.717, 1.165) is 16.6 Å². The van der Waals surface area contributed by atoms with E-state index in [-0.39, 0.29) is 0 Å². The van der Waals surface area contributed by atoms with Gasteiger partial charge in [0.2, 0.25) is 0 Å². The number of para-hydroxylation sites is 1. The van der Waals surface area contributed by atoms with Crippen LogP contribution in [0.5, 0.6) is 0 Å². The van der Waals surface area contributed by atoms with Crippen molar-refractivity contribution in [2.24, 2.45) is 0 Å². The van der Waals surface area contributed by atoms with E-state index in [1.807, 2.05) is 18.2 Å². The summed E-state index contributed by atoms with van der Waals surface area (Å²) in [6.45, 7) is 24.7. The minimum atomic E-state index is -1.06. The van der Waals surface area contributed by atoms with Crippen LogP contribution in [0.2, 0.25) is 5.11 Å². The van der Waals surface area contributed by atoms with Gasteiger partial charge in [-0.15, -0.1) is 0 Å². The number of aromatic nitrogens is 1. The van der Waals surface area contributed by atoms with Gasteiger partial charge in [0.15, 0.2) is 0 Å². The van der Waals surface area contributed by atoms with Crippen LogP contribution >= 0.6 is 0 Å². The molecule has 0 radical (unpaired) electrons. The summed E-state index contributed by atoms with van der Waals surface area (Å²) in [6.07, 6.45) is 0.391. The summed E-state index contributed by atoms with van der Waals surface area (Å²) in [5, 5.41) is 0.0186. The van der Waals surface area contributed by atoms with Crippen molar-refractivity contribution in [3.8, 4) is 0 Å². The molecule has 0 amide bonds. The molecule has 39 heavy (non-hydrogen) atoms. The summed E-state index contributed by atoms with van der Waals surface area (Å²) in [7, 11) is -2.29. The highest BCUT2D eigenvalue weighted by Gasteiger charge is 2.77. The SMILES string of the molecule is CC1(C)OB(C(Cc2ccc3ccccc3n2)(B2OC(C)(C)C(C)(C)O2)B2OC(C)(C)C(C)(C)O2)OC1(C)C. The molecule has 0 atom stereocenters. The van der Waals surface area contributed by atoms with Crippen LogP contribution in [0.1, 0.15) is 88.8 Å². The third-order valence-electron chi connectivity index (χ3n) is 10.2. The molecule has 3 fully saturated rings. The zero-order valence-corrected chi connectivity index (χ0v) is 25.8. The molecule has 1 aromatic carbocycles. The predicted octanol–water partition coefficient (Wildman–Crippen LogP) is 5.87. The molecule has 2 aromatic rings. The van der Waals surface area contributed by atoms with Gasteiger partial charge in [0.25, 0.3) is 0 Å². The van der Waals surface area contributed by atoms with Gasteiger partial charge in [-0.3, -0.25) is 4.98 Å². The average molecular weight is 535 g/mol. The number of fused-ring (bicyclic) bond motifs is 1. The first-order valence-electron chi connectivity index (χ1n) is 14.1. The van der Waals surface area contributed by atoms with Crippen LogP contribution in [0.25, 0.3) is 10.9 Å². The van der Waals surface area contributed by atoms with E-state index in [2.05, 4.69) is 101 Å². The highest BCUT2D eigenvalue weighted by Crippen LogP contribution is 2.57. The molecule has 0 saturated carbocycles. The van der Waals surface area contributed by atoms with Crippen LogP contribution < -0.4 is 0 Å². The van der Waals surface area contributed by atoms with Crippen molar-refractivity contribution in [1.82, 2.24) is 4.98 Å². The molecule has 210 valence electrons. The van der Waals surface area contributed by atoms with Gasteiger partial charge in [0.1, 0.15) is 0 Å². The monoisotopic (exact) mass is 535 g/mol. The minimum absolute atomic E-state index is 0.391. The van der Waals surface area contributed by atoms with Crippen LogP contribution in [-0.4, -0.2) is 59.9 Å². The molecule has 0 N–H and O–H groups in total. The van der Waals surface area contributed by atoms with Crippen molar-refractivity contribution in [2.45, 2.75) is 128 Å². The second kappa shape index (κ2) is 8.79. The normalized spacial score (nSPS) is 26.5. The van der Waals surface area contributed by atoms with E-state index < -0.39 is 60.1 Å². The molecule has 1 aromatic heterocycles. The van der Waals surface area contributed by atoms with E-state index in [9.17, 15) is 0 Å². The number of rotatable bonds is 5. The fraction of sp³-hybridized carbons (Fsp3) is 0.690. The van der Waals surface area contributed by atoms with Crippen molar-refractivity contribution < 1.29 is 27.9 Å². The number of pyridine rings is 1. The lowest BCUT2D eigenvalue weighted by Crippen LogP contribution is -2.60. The zero-order valence-electron chi connectivity index (χ0n) is 25.8. The highest BCUT2D eigenvalue weighted by atomic mass is 16.7. The molecular formula is C29H44B3NO6. The van der Waals surface area contributed by atoms with Gasteiger partial charge in [-0.2, -0.15) is 0 Å². The third-order valence-corrected chi connectivity index (χ3v) is 10.2. The van der Waals surface area contributed by atoms with Gasteiger partial charge in [-0.05, 0) is 102 Å². The maximum Gasteiger partial charge on any atom is 0.460 e. The molecule has 10 heteroatoms. The summed E-state index contributed by atoms with van der Waals surface area (Å²) >= 11 is 0. The topological polar surface area (TPSA) is 68.3 Å². The van der Waals surface area contributed by atoms with E-state index in [0.29, 0.717) is 6.42 Å². The van der Waals surface area contributed by atoms with Crippen LogP contribution in [0.3, 0.4) is 0 Å². The Morgan fingerprint density at radius 3 is 1.28 bits per heavy atom. The van der Waals surface area contributed by atoms with Crippen molar-refractivity contribution in [1.29, 1.82) is 0 Å². The Balaban J connectivity index is 1.71. The first kappa shape index (κ1) is 29.1. The molecule has 5 rings (SSSR count). The molecule has 0 aliphatic carbocycles. The molecule has 0 spiro atoms. The lowest BCUT2D eigenvalue weighted by molar-refractivity contribution is 0.00578. The van der Waals surface area contributed by atoms with E-state index >= 15 is 0 Å². The molecule has 7 nitrogen and oxygen atoms in total. The molecule has 0 bridgehead atoms. The highest BCUT2D eigenvalue weighted by molar-refractivity contribution is 6.89. The number of hydrogen-bond donors (Lipinski definition) is 0. The molecule has 3 saturated heterocycles. The Morgan fingerprint density at radius 1 is 0.538 bits per heavy atom. The van der Waals surface area contributed by atoms with Crippen molar-refractivity contribution >= 4 is 32.3 Å². The average Bonchev–Trinajstić information content (AvgIpc) is 3.26. The summed E-state index contributed by atoms with van der Waals surface area (Å²) in [5.41, 5.74) is -1.77. The maximum atomic E-state index is 6.82. The number of nitrogens with zero attached hydrogens (tertiary/aromatic N) is 1. The number of benzene rings is 1. The predicted molar refractivity (Wildman–Crippen MR) is 156 cm³/mol. The van der Waals surface area contributed by atoms with E-state index in [1.165, 1.54) is 0 Å². The maximum absolute atomic E-state index is 6.82. The van der Waals surface area contributed by atoms with Gasteiger partial charge in [-0.1, -0.05) is 24.3 Å². The van der Waals surface area contributed by atoms with Crippen LogP contribution in [-0.2, 0) is 34.3 Å². The molecule has 3 aliphatic heterocycles. The lowest BCUT2D eigenvalue weighted by Gasteiger charge is -2.38. The standard InChI is InChI=1S/C29H44B3NO6/c1-23(2)24(3,4)35-30(34-23)29(31-36-25(5,6)26(7,8)37-31,32-38-27(9,10)28(11,12)39-32)19-21-18-17-20-15-13-14-16-22(20)33-21/h13-18H,19H2,1-12H3. The Bertz CT molecular complexity index is 1120. The summed E-state index contributed by atoms with van der Waals surface area (Å²) in [6, 6.07) is 12.3. The number of hydrogen-bond acceptors (Lipinski definition) is 7. The lowest BCUT2D eigenvalue weighted by atomic mass is 9.23. The van der Waals surface area contributed by atoms with E-state index in [4.69, 9.17) is 32.9 Å². The third kappa shape index (κ3) is 4.50. The van der Waals surface area contributed by atoms with Crippen LogP contribution in [0, 0.1) is 0 Å². The second-order valence-corrected chi connectivity index (χ2v) is 14.5. The van der Waals surface area contributed by atoms with Gasteiger partial charge in [0, 0.05) is 11.1 Å². The summed E-state index contributed by atoms with van der Waals surface area (Å²) < 4.78 is 40.9. The molecule has 3 aliphatic rings. The van der Waals surface area contributed by atoms with Gasteiger partial charge < -0.3 is 27.9 Å². The van der Waals surface area contributed by atoms with Crippen LogP contribution in [0.15, 0.2) is 36.4 Å². The Labute approximate surface area is 235 Å². The van der Waals surface area contributed by atoms with E-state index in [1.54, 1.807) is 0 Å². The first-order valence-corrected chi connectivity index (χ1v) is 14.1. The largest absolute Gasteiger partial charge is 0.460 e. The Hall–Kier alpha value is -1.42. The van der Waals surface area contributed by atoms with Gasteiger partial charge in [-0.25, -0.2) is 0 Å². The second-order valence-electron chi connectivity index (χ2n) is 14.5. The van der Waals surface area contributed by atoms with Gasteiger partial charge in [0.05, 0.1) is 44.2 Å². The quantitative estimate of drug-likeness (QED) is 0.444. The van der Waals surface area contributed by atoms with Crippen molar-refractivity contribution in [3.63, 3.8) is 0 Å². The van der Waals surface area contributed by atoms with Gasteiger partial charge >= 0.3 is 21.4 Å². The minimum Gasteiger partial charge on any atom is -0.403 e. The molecule has 4 heterocycles. The van der Waals surface area contributed by atoms with Crippen molar-refractivity contribution in [3.05, 3.63) is 42.1 Å². The smallest absolute Gasteiger partial charge is 0.403 e. The fourth-order valence-electron chi connectivity index (χ4n) is 5.29. The first-order chi connectivity index (χ1) is 17.7. The Kier molecular flexibility index (Phi) is 6.56. The summed E-state index contributed by atoms with van der Waals surface area (Å²) in [4.78, 5) is 5.06. The van der Waals surface area contributed by atoms with Crippen LogP contribution in [0.4, 0.5) is 0 Å². The Morgan fingerprint density at radius 2 is 0.897 bits per heavy atom. The van der Waals surface area contributed by atoms with Crippen molar-refractivity contribution in [2.75, 3.05) is 0 Å². The molecular weight excluding hydrogens is 491 g/mol.